The van der Waals surface area contributed by atoms with Gasteiger partial charge in [-0.25, -0.2) is 13.4 Å². The SMILES string of the molecule is COCOC(CCCC(C)[C@H]1CC[C@H]2/C(=C/CS(=O)(=O)c3nc4ccccc4s3)CCC[C@]12C)(C(F)(F)F)C(F)(F)F. The van der Waals surface area contributed by atoms with Gasteiger partial charge in [-0.15, -0.1) is 11.3 Å². The maximum absolute atomic E-state index is 13.7. The second kappa shape index (κ2) is 12.4. The first-order chi connectivity index (χ1) is 19.6. The summed E-state index contributed by atoms with van der Waals surface area (Å²) in [5.41, 5.74) is -2.78. The smallest absolute Gasteiger partial charge is 0.359 e. The largest absolute Gasteiger partial charge is 0.426 e. The molecule has 4 atom stereocenters. The Balaban J connectivity index is 1.44. The van der Waals surface area contributed by atoms with E-state index in [1.165, 1.54) is 0 Å². The summed E-state index contributed by atoms with van der Waals surface area (Å²) in [6, 6.07) is 7.24. The lowest BCUT2D eigenvalue weighted by Crippen LogP contribution is -2.59. The number of ether oxygens (including phenoxy) is 2. The van der Waals surface area contributed by atoms with E-state index in [-0.39, 0.29) is 46.1 Å². The van der Waals surface area contributed by atoms with E-state index in [1.54, 1.807) is 12.1 Å². The fourth-order valence-corrected chi connectivity index (χ4v) is 9.74. The van der Waals surface area contributed by atoms with Crippen LogP contribution in [0.1, 0.15) is 65.2 Å². The molecule has 2 fully saturated rings. The van der Waals surface area contributed by atoms with Gasteiger partial charge in [-0.1, -0.05) is 44.1 Å². The number of alkyl halides is 6. The average molecular weight is 642 g/mol. The molecule has 2 aromatic rings. The molecule has 4 rings (SSSR count). The molecule has 0 saturated heterocycles. The maximum Gasteiger partial charge on any atom is 0.426 e. The highest BCUT2D eigenvalue weighted by molar-refractivity contribution is 7.93. The summed E-state index contributed by atoms with van der Waals surface area (Å²) >= 11 is 1.15. The molecule has 1 heterocycles. The minimum atomic E-state index is -5.65. The zero-order chi connectivity index (χ0) is 31.0. The molecule has 0 radical (unpaired) electrons. The Morgan fingerprint density at radius 3 is 2.48 bits per heavy atom. The second-order valence-electron chi connectivity index (χ2n) is 11.8. The summed E-state index contributed by atoms with van der Waals surface area (Å²) in [6.07, 6.45) is -6.77. The lowest BCUT2D eigenvalue weighted by molar-refractivity contribution is -0.394. The molecule has 1 aromatic heterocycles. The number of rotatable bonds is 11. The van der Waals surface area contributed by atoms with Crippen LogP contribution in [0.3, 0.4) is 0 Å². The number of benzene rings is 1. The standard InChI is InChI=1S/C29H37F6NO4S2/c1-19(8-6-16-27(28(30,31)32,29(33,34)35)40-18-39-3)21-12-13-22-20(9-7-15-26(21,22)2)14-17-42(37,38)25-36-23-10-4-5-11-24(23)41-25/h4-5,10-11,14,19,21-22H,6-9,12-13,15-18H2,1-3H3/b20-14+/t19?,21-,22+,26-/m1/s1. The lowest BCUT2D eigenvalue weighted by Gasteiger charge is -2.44. The van der Waals surface area contributed by atoms with Gasteiger partial charge in [0, 0.05) is 7.11 Å². The molecule has 0 amide bonds. The highest BCUT2D eigenvalue weighted by atomic mass is 32.2. The average Bonchev–Trinajstić information content (AvgIpc) is 3.50. The molecule has 2 aliphatic carbocycles. The number of methoxy groups -OCH3 is 1. The number of allylic oxidation sites excluding steroid dienone is 1. The predicted molar refractivity (Wildman–Crippen MR) is 149 cm³/mol. The first-order valence-corrected chi connectivity index (χ1v) is 16.6. The van der Waals surface area contributed by atoms with Crippen LogP contribution in [0.5, 0.6) is 0 Å². The Morgan fingerprint density at radius 2 is 1.83 bits per heavy atom. The molecule has 0 N–H and O–H groups in total. The Labute approximate surface area is 246 Å². The van der Waals surface area contributed by atoms with Crippen molar-refractivity contribution in [2.24, 2.45) is 23.2 Å². The van der Waals surface area contributed by atoms with E-state index >= 15 is 0 Å². The number of sulfone groups is 1. The van der Waals surface area contributed by atoms with Crippen molar-refractivity contribution in [1.29, 1.82) is 0 Å². The van der Waals surface area contributed by atoms with Crippen LogP contribution in [0.4, 0.5) is 26.3 Å². The van der Waals surface area contributed by atoms with Gasteiger partial charge in [0.05, 0.1) is 16.0 Å². The van der Waals surface area contributed by atoms with Crippen molar-refractivity contribution in [3.8, 4) is 0 Å². The molecule has 0 spiro atoms. The number of thiazole rings is 1. The minimum Gasteiger partial charge on any atom is -0.359 e. The molecule has 0 aliphatic heterocycles. The summed E-state index contributed by atoms with van der Waals surface area (Å²) in [7, 11) is -2.66. The van der Waals surface area contributed by atoms with E-state index < -0.39 is 41.0 Å². The highest BCUT2D eigenvalue weighted by Crippen LogP contribution is 2.60. The number of hydrogen-bond acceptors (Lipinski definition) is 6. The van der Waals surface area contributed by atoms with Crippen LogP contribution in [0.2, 0.25) is 0 Å². The third kappa shape index (κ3) is 6.39. The van der Waals surface area contributed by atoms with Gasteiger partial charge in [0.15, 0.2) is 0 Å². The Morgan fingerprint density at radius 1 is 1.14 bits per heavy atom. The van der Waals surface area contributed by atoms with E-state index in [9.17, 15) is 34.8 Å². The van der Waals surface area contributed by atoms with Crippen LogP contribution in [-0.2, 0) is 19.3 Å². The first kappa shape index (κ1) is 33.2. The van der Waals surface area contributed by atoms with Gasteiger partial charge in [-0.05, 0) is 80.2 Å². The van der Waals surface area contributed by atoms with Crippen molar-refractivity contribution in [3.05, 3.63) is 35.9 Å². The van der Waals surface area contributed by atoms with Gasteiger partial charge in [-0.3, -0.25) is 0 Å². The molecule has 42 heavy (non-hydrogen) atoms. The molecule has 13 heteroatoms. The molecule has 0 bridgehead atoms. The van der Waals surface area contributed by atoms with Gasteiger partial charge in [0.1, 0.15) is 6.79 Å². The lowest BCUT2D eigenvalue weighted by atomic mass is 9.60. The minimum absolute atomic E-state index is 0.0836. The number of hydrogen-bond donors (Lipinski definition) is 0. The third-order valence-electron chi connectivity index (χ3n) is 9.36. The molecular weight excluding hydrogens is 604 g/mol. The number of halogens is 6. The molecule has 2 aliphatic rings. The van der Waals surface area contributed by atoms with Crippen LogP contribution in [-0.4, -0.2) is 51.0 Å². The summed E-state index contributed by atoms with van der Waals surface area (Å²) < 4.78 is 118. The zero-order valence-electron chi connectivity index (χ0n) is 23.9. The molecule has 5 nitrogen and oxygen atoms in total. The van der Waals surface area contributed by atoms with E-state index in [0.717, 1.165) is 60.8 Å². The Hall–Kier alpha value is -1.70. The molecular formula is C29H37F6NO4S2. The van der Waals surface area contributed by atoms with E-state index in [0.29, 0.717) is 5.52 Å². The van der Waals surface area contributed by atoms with Gasteiger partial charge >= 0.3 is 12.4 Å². The van der Waals surface area contributed by atoms with E-state index in [4.69, 9.17) is 0 Å². The van der Waals surface area contributed by atoms with Gasteiger partial charge in [-0.2, -0.15) is 26.3 Å². The van der Waals surface area contributed by atoms with E-state index in [1.807, 2.05) is 25.1 Å². The van der Waals surface area contributed by atoms with Gasteiger partial charge < -0.3 is 9.47 Å². The maximum atomic E-state index is 13.7. The summed E-state index contributed by atoms with van der Waals surface area (Å²) in [4.78, 5) is 4.30. The normalized spacial score (nSPS) is 25.7. The van der Waals surface area contributed by atoms with Gasteiger partial charge in [0.25, 0.3) is 5.60 Å². The van der Waals surface area contributed by atoms with Crippen molar-refractivity contribution in [2.45, 2.75) is 87.5 Å². The third-order valence-corrected chi connectivity index (χ3v) is 12.4. The predicted octanol–water partition coefficient (Wildman–Crippen LogP) is 8.50. The molecule has 1 aromatic carbocycles. The van der Waals surface area contributed by atoms with Crippen LogP contribution in [0.15, 0.2) is 40.3 Å². The fourth-order valence-electron chi connectivity index (χ4n) is 7.24. The number of fused-ring (bicyclic) bond motifs is 2. The summed E-state index contributed by atoms with van der Waals surface area (Å²) in [5.74, 6) is -0.0581. The highest BCUT2D eigenvalue weighted by Gasteiger charge is 2.71. The molecule has 2 saturated carbocycles. The molecule has 236 valence electrons. The van der Waals surface area contributed by atoms with Crippen molar-refractivity contribution >= 4 is 31.4 Å². The Kier molecular flexibility index (Phi) is 9.77. The van der Waals surface area contributed by atoms with Crippen LogP contribution >= 0.6 is 11.3 Å². The van der Waals surface area contributed by atoms with Crippen LogP contribution < -0.4 is 0 Å². The van der Waals surface area contributed by atoms with Crippen molar-refractivity contribution in [3.63, 3.8) is 0 Å². The topological polar surface area (TPSA) is 65.5 Å². The van der Waals surface area contributed by atoms with Crippen LogP contribution in [0, 0.1) is 23.2 Å². The summed E-state index contributed by atoms with van der Waals surface area (Å²) in [6.45, 7) is 2.91. The quantitative estimate of drug-likeness (QED) is 0.140. The summed E-state index contributed by atoms with van der Waals surface area (Å²) in [5, 5.41) is 0. The first-order valence-electron chi connectivity index (χ1n) is 14.1. The second-order valence-corrected chi connectivity index (χ2v) is 15.1. The zero-order valence-corrected chi connectivity index (χ0v) is 25.5. The van der Waals surface area contributed by atoms with Crippen molar-refractivity contribution < 1.29 is 44.2 Å². The monoisotopic (exact) mass is 641 g/mol. The fraction of sp³-hybridized carbons (Fsp3) is 0.690. The number of nitrogens with zero attached hydrogens (tertiary/aromatic N) is 1. The van der Waals surface area contributed by atoms with Crippen LogP contribution in [0.25, 0.3) is 10.2 Å². The van der Waals surface area contributed by atoms with Gasteiger partial charge in [0.2, 0.25) is 14.2 Å². The Bertz CT molecular complexity index is 1320. The number of aromatic nitrogens is 1. The van der Waals surface area contributed by atoms with E-state index in [2.05, 4.69) is 21.4 Å². The van der Waals surface area contributed by atoms with Crippen molar-refractivity contribution in [2.75, 3.05) is 19.7 Å². The number of para-hydroxylation sites is 1. The van der Waals surface area contributed by atoms with Crippen molar-refractivity contribution in [1.82, 2.24) is 4.98 Å². The molecule has 1 unspecified atom stereocenters.